The number of benzene rings is 3. The second-order valence-electron chi connectivity index (χ2n) is 7.13. The molecule has 0 spiro atoms. The van der Waals surface area contributed by atoms with Gasteiger partial charge in [0.2, 0.25) is 0 Å². The third-order valence-corrected chi connectivity index (χ3v) is 5.41. The highest BCUT2D eigenvalue weighted by molar-refractivity contribution is 6.46. The van der Waals surface area contributed by atoms with Crippen molar-refractivity contribution in [1.29, 1.82) is 0 Å². The predicted molar refractivity (Wildman–Crippen MR) is 122 cm³/mol. The van der Waals surface area contributed by atoms with Crippen LogP contribution in [-0.2, 0) is 9.59 Å². The Kier molecular flexibility index (Phi) is 5.37. The van der Waals surface area contributed by atoms with Crippen LogP contribution in [0.4, 0.5) is 11.4 Å². The van der Waals surface area contributed by atoms with Crippen molar-refractivity contribution in [2.75, 3.05) is 10.2 Å². The third kappa shape index (κ3) is 3.72. The Hall–Kier alpha value is -3.08. The highest BCUT2D eigenvalue weighted by atomic mass is 35.5. The van der Waals surface area contributed by atoms with E-state index in [0.29, 0.717) is 32.6 Å². The van der Waals surface area contributed by atoms with Gasteiger partial charge in [0.15, 0.2) is 0 Å². The molecule has 0 atom stereocenters. The van der Waals surface area contributed by atoms with Crippen molar-refractivity contribution < 1.29 is 9.59 Å². The molecule has 2 amide bonds. The maximum Gasteiger partial charge on any atom is 0.282 e. The molecule has 4 nitrogen and oxygen atoms in total. The fourth-order valence-electron chi connectivity index (χ4n) is 3.43. The van der Waals surface area contributed by atoms with E-state index in [1.54, 1.807) is 48.5 Å². The van der Waals surface area contributed by atoms with Crippen LogP contribution in [0, 0.1) is 13.8 Å². The van der Waals surface area contributed by atoms with Gasteiger partial charge in [-0.15, -0.1) is 0 Å². The summed E-state index contributed by atoms with van der Waals surface area (Å²) in [5, 5.41) is 4.32. The van der Waals surface area contributed by atoms with Crippen LogP contribution in [0.5, 0.6) is 0 Å². The van der Waals surface area contributed by atoms with E-state index in [1.807, 2.05) is 32.0 Å². The number of rotatable bonds is 4. The Balaban J connectivity index is 1.84. The predicted octanol–water partition coefficient (Wildman–Crippen LogP) is 6.01. The summed E-state index contributed by atoms with van der Waals surface area (Å²) < 4.78 is 0. The summed E-state index contributed by atoms with van der Waals surface area (Å²) in [6, 6.07) is 19.5. The maximum atomic E-state index is 13.4. The van der Waals surface area contributed by atoms with Crippen molar-refractivity contribution in [3.05, 3.63) is 99.2 Å². The van der Waals surface area contributed by atoms with Gasteiger partial charge in [0.1, 0.15) is 5.70 Å². The molecular formula is C24H18Cl2N2O2. The first kappa shape index (κ1) is 20.2. The van der Waals surface area contributed by atoms with Crippen LogP contribution in [0.1, 0.15) is 16.7 Å². The molecule has 0 unspecified atom stereocenters. The molecule has 1 aliphatic rings. The Bertz CT molecular complexity index is 1200. The lowest BCUT2D eigenvalue weighted by molar-refractivity contribution is -0.120. The van der Waals surface area contributed by atoms with Gasteiger partial charge in [-0.2, -0.15) is 0 Å². The number of hydrogen-bond donors (Lipinski definition) is 1. The zero-order valence-corrected chi connectivity index (χ0v) is 17.9. The highest BCUT2D eigenvalue weighted by Crippen LogP contribution is 2.35. The Labute approximate surface area is 184 Å². The number of carbonyl (C=O) groups excluding carboxylic acids is 2. The van der Waals surface area contributed by atoms with Gasteiger partial charge in [0, 0.05) is 15.7 Å². The molecule has 0 saturated carbocycles. The minimum atomic E-state index is -0.412. The molecule has 1 N–H and O–H groups in total. The monoisotopic (exact) mass is 436 g/mol. The molecule has 0 aromatic heterocycles. The van der Waals surface area contributed by atoms with Crippen LogP contribution < -0.4 is 10.2 Å². The van der Waals surface area contributed by atoms with E-state index in [0.717, 1.165) is 11.1 Å². The first-order chi connectivity index (χ1) is 14.3. The summed E-state index contributed by atoms with van der Waals surface area (Å²) in [5.74, 6) is -0.799. The lowest BCUT2D eigenvalue weighted by Crippen LogP contribution is -2.32. The second-order valence-corrected chi connectivity index (χ2v) is 8.00. The van der Waals surface area contributed by atoms with Crippen molar-refractivity contribution in [1.82, 2.24) is 0 Å². The second kappa shape index (κ2) is 7.98. The number of nitrogens with zero attached hydrogens (tertiary/aromatic N) is 1. The summed E-state index contributed by atoms with van der Waals surface area (Å²) in [5.41, 5.74) is 4.17. The average Bonchev–Trinajstić information content (AvgIpc) is 2.94. The standard InChI is InChI=1S/C24H18Cl2N2O2/c1-14-4-3-5-19(12-14)28-23(29)21(16-6-8-17(25)9-7-16)22(24(28)30)27-20-11-10-18(26)13-15(20)2/h3-13,27H,1-2H3. The maximum absolute atomic E-state index is 13.4. The van der Waals surface area contributed by atoms with E-state index < -0.39 is 5.91 Å². The van der Waals surface area contributed by atoms with Gasteiger partial charge < -0.3 is 5.32 Å². The smallest absolute Gasteiger partial charge is 0.282 e. The zero-order chi connectivity index (χ0) is 21.4. The number of imide groups is 1. The van der Waals surface area contributed by atoms with Gasteiger partial charge in [0.25, 0.3) is 11.8 Å². The number of anilines is 2. The molecule has 0 aliphatic carbocycles. The Morgan fingerprint density at radius 3 is 2.17 bits per heavy atom. The average molecular weight is 437 g/mol. The largest absolute Gasteiger partial charge is 0.350 e. The zero-order valence-electron chi connectivity index (χ0n) is 16.4. The molecule has 4 rings (SSSR count). The van der Waals surface area contributed by atoms with Crippen LogP contribution >= 0.6 is 23.2 Å². The van der Waals surface area contributed by atoms with Crippen molar-refractivity contribution in [3.8, 4) is 0 Å². The van der Waals surface area contributed by atoms with Gasteiger partial charge in [-0.1, -0.05) is 47.5 Å². The summed E-state index contributed by atoms with van der Waals surface area (Å²) >= 11 is 12.1. The number of hydrogen-bond acceptors (Lipinski definition) is 3. The molecular weight excluding hydrogens is 419 g/mol. The minimum absolute atomic E-state index is 0.217. The molecule has 3 aromatic rings. The number of halogens is 2. The van der Waals surface area contributed by atoms with Gasteiger partial charge in [0.05, 0.1) is 11.3 Å². The van der Waals surface area contributed by atoms with E-state index in [9.17, 15) is 9.59 Å². The fourth-order valence-corrected chi connectivity index (χ4v) is 3.79. The molecule has 0 radical (unpaired) electrons. The molecule has 1 heterocycles. The van der Waals surface area contributed by atoms with Crippen molar-refractivity contribution in [2.45, 2.75) is 13.8 Å². The topological polar surface area (TPSA) is 49.4 Å². The molecule has 150 valence electrons. The van der Waals surface area contributed by atoms with Crippen LogP contribution in [0.3, 0.4) is 0 Å². The van der Waals surface area contributed by atoms with Gasteiger partial charge >= 0.3 is 0 Å². The lowest BCUT2D eigenvalue weighted by atomic mass is 10.0. The molecule has 3 aromatic carbocycles. The quantitative estimate of drug-likeness (QED) is 0.509. The van der Waals surface area contributed by atoms with E-state index in [1.165, 1.54) is 4.90 Å². The third-order valence-electron chi connectivity index (χ3n) is 4.92. The SMILES string of the molecule is Cc1cccc(N2C(=O)C(Nc3ccc(Cl)cc3C)=C(c3ccc(Cl)cc3)C2=O)c1. The summed E-state index contributed by atoms with van der Waals surface area (Å²) in [4.78, 5) is 28.0. The lowest BCUT2D eigenvalue weighted by Gasteiger charge is -2.16. The molecule has 6 heteroatoms. The number of amides is 2. The van der Waals surface area contributed by atoms with Crippen molar-refractivity contribution in [3.63, 3.8) is 0 Å². The van der Waals surface area contributed by atoms with E-state index in [2.05, 4.69) is 5.32 Å². The van der Waals surface area contributed by atoms with Crippen molar-refractivity contribution >= 4 is 52.0 Å². The molecule has 1 aliphatic heterocycles. The highest BCUT2D eigenvalue weighted by Gasteiger charge is 2.40. The van der Waals surface area contributed by atoms with Crippen LogP contribution in [0.25, 0.3) is 5.57 Å². The van der Waals surface area contributed by atoms with Gasteiger partial charge in [-0.05, 0) is 73.0 Å². The summed E-state index contributed by atoms with van der Waals surface area (Å²) in [7, 11) is 0. The Morgan fingerprint density at radius 1 is 0.800 bits per heavy atom. The molecule has 0 fully saturated rings. The van der Waals surface area contributed by atoms with E-state index >= 15 is 0 Å². The van der Waals surface area contributed by atoms with Crippen molar-refractivity contribution in [2.24, 2.45) is 0 Å². The van der Waals surface area contributed by atoms with Gasteiger partial charge in [-0.25, -0.2) is 4.90 Å². The van der Waals surface area contributed by atoms with E-state index in [4.69, 9.17) is 23.2 Å². The summed E-state index contributed by atoms with van der Waals surface area (Å²) in [6.45, 7) is 3.80. The molecule has 0 bridgehead atoms. The number of carbonyl (C=O) groups is 2. The molecule has 30 heavy (non-hydrogen) atoms. The Morgan fingerprint density at radius 2 is 1.50 bits per heavy atom. The normalized spacial score (nSPS) is 13.9. The molecule has 0 saturated heterocycles. The van der Waals surface area contributed by atoms with Crippen LogP contribution in [0.15, 0.2) is 72.4 Å². The van der Waals surface area contributed by atoms with Crippen LogP contribution in [-0.4, -0.2) is 11.8 Å². The first-order valence-electron chi connectivity index (χ1n) is 9.34. The van der Waals surface area contributed by atoms with E-state index in [-0.39, 0.29) is 11.6 Å². The number of nitrogens with one attached hydrogen (secondary N) is 1. The van der Waals surface area contributed by atoms with Crippen LogP contribution in [0.2, 0.25) is 10.0 Å². The first-order valence-corrected chi connectivity index (χ1v) is 10.1. The van der Waals surface area contributed by atoms with Gasteiger partial charge in [-0.3, -0.25) is 9.59 Å². The summed E-state index contributed by atoms with van der Waals surface area (Å²) in [6.07, 6.45) is 0. The fraction of sp³-hybridized carbons (Fsp3) is 0.0833. The minimum Gasteiger partial charge on any atom is -0.350 e. The number of aryl methyl sites for hydroxylation is 2.